The molecule has 1 saturated heterocycles. The summed E-state index contributed by atoms with van der Waals surface area (Å²) in [5.41, 5.74) is 0.996. The van der Waals surface area contributed by atoms with E-state index in [1.54, 1.807) is 11.3 Å². The summed E-state index contributed by atoms with van der Waals surface area (Å²) in [5.74, 6) is 1.99. The smallest absolute Gasteiger partial charge is 0.174 e. The lowest BCUT2D eigenvalue weighted by Gasteiger charge is -2.26. The lowest BCUT2D eigenvalue weighted by Crippen LogP contribution is -2.33. The van der Waals surface area contributed by atoms with Crippen LogP contribution in [0.3, 0.4) is 0 Å². The van der Waals surface area contributed by atoms with E-state index in [0.29, 0.717) is 12.0 Å². The Morgan fingerprint density at radius 3 is 2.86 bits per heavy atom. The first-order valence-electron chi connectivity index (χ1n) is 7.23. The summed E-state index contributed by atoms with van der Waals surface area (Å²) in [6.07, 6.45) is 0. The normalized spacial score (nSPS) is 17.5. The van der Waals surface area contributed by atoms with Crippen LogP contribution in [0.5, 0.6) is 5.75 Å². The summed E-state index contributed by atoms with van der Waals surface area (Å²) in [6.45, 7) is 3.64. The SMILES string of the molecule is CCOc1ccc(NC(=S)N2CCSC2c2cccs2)cc1. The van der Waals surface area contributed by atoms with Gasteiger partial charge in [-0.25, -0.2) is 0 Å². The fourth-order valence-corrected chi connectivity index (χ4v) is 4.97. The molecule has 1 aliphatic rings. The van der Waals surface area contributed by atoms with Crippen LogP contribution in [0.15, 0.2) is 41.8 Å². The van der Waals surface area contributed by atoms with Crippen LogP contribution >= 0.6 is 35.3 Å². The van der Waals surface area contributed by atoms with Gasteiger partial charge in [-0.1, -0.05) is 6.07 Å². The van der Waals surface area contributed by atoms with Crippen LogP contribution in [0.1, 0.15) is 17.2 Å². The molecule has 22 heavy (non-hydrogen) atoms. The maximum Gasteiger partial charge on any atom is 0.174 e. The monoisotopic (exact) mass is 350 g/mol. The van der Waals surface area contributed by atoms with Gasteiger partial charge in [0.05, 0.1) is 6.61 Å². The van der Waals surface area contributed by atoms with E-state index in [0.717, 1.165) is 28.8 Å². The van der Waals surface area contributed by atoms with E-state index < -0.39 is 0 Å². The van der Waals surface area contributed by atoms with E-state index in [4.69, 9.17) is 17.0 Å². The van der Waals surface area contributed by atoms with Gasteiger partial charge >= 0.3 is 0 Å². The van der Waals surface area contributed by atoms with Crippen molar-refractivity contribution in [1.29, 1.82) is 0 Å². The Morgan fingerprint density at radius 1 is 1.36 bits per heavy atom. The molecular formula is C16H18N2OS3. The van der Waals surface area contributed by atoms with Gasteiger partial charge in [-0.15, -0.1) is 23.1 Å². The average Bonchev–Trinajstić information content (AvgIpc) is 3.20. The average molecular weight is 351 g/mol. The minimum atomic E-state index is 0.336. The van der Waals surface area contributed by atoms with Gasteiger partial charge in [0.1, 0.15) is 11.1 Å². The summed E-state index contributed by atoms with van der Waals surface area (Å²) in [5, 5.41) is 6.58. The number of thiocarbonyl (C=S) groups is 1. The van der Waals surface area contributed by atoms with Crippen molar-refractivity contribution in [3.63, 3.8) is 0 Å². The number of rotatable bonds is 4. The van der Waals surface area contributed by atoms with Gasteiger partial charge in [-0.2, -0.15) is 0 Å². The first kappa shape index (κ1) is 15.6. The Labute approximate surface area is 144 Å². The molecule has 1 unspecified atom stereocenters. The van der Waals surface area contributed by atoms with E-state index >= 15 is 0 Å². The largest absolute Gasteiger partial charge is 0.494 e. The molecular weight excluding hydrogens is 332 g/mol. The highest BCUT2D eigenvalue weighted by Crippen LogP contribution is 2.40. The predicted molar refractivity (Wildman–Crippen MR) is 100 cm³/mol. The molecule has 0 amide bonds. The van der Waals surface area contributed by atoms with E-state index in [-0.39, 0.29) is 0 Å². The van der Waals surface area contributed by atoms with Crippen LogP contribution < -0.4 is 10.1 Å². The summed E-state index contributed by atoms with van der Waals surface area (Å²) >= 11 is 9.34. The van der Waals surface area contributed by atoms with Crippen LogP contribution in [0.25, 0.3) is 0 Å². The maximum absolute atomic E-state index is 5.61. The molecule has 1 aliphatic heterocycles. The van der Waals surface area contributed by atoms with Crippen molar-refractivity contribution in [3.05, 3.63) is 46.7 Å². The zero-order valence-electron chi connectivity index (χ0n) is 12.3. The second kappa shape index (κ2) is 7.35. The zero-order valence-corrected chi connectivity index (χ0v) is 14.8. The molecule has 2 aromatic rings. The van der Waals surface area contributed by atoms with Gasteiger partial charge in [0.15, 0.2) is 5.11 Å². The topological polar surface area (TPSA) is 24.5 Å². The molecule has 0 aliphatic carbocycles. The fourth-order valence-electron chi connectivity index (χ4n) is 2.34. The summed E-state index contributed by atoms with van der Waals surface area (Å²) in [7, 11) is 0. The molecule has 3 nitrogen and oxygen atoms in total. The summed E-state index contributed by atoms with van der Waals surface area (Å²) < 4.78 is 5.46. The minimum absolute atomic E-state index is 0.336. The third kappa shape index (κ3) is 3.56. The second-order valence-electron chi connectivity index (χ2n) is 4.82. The van der Waals surface area contributed by atoms with Crippen LogP contribution in [-0.4, -0.2) is 28.9 Å². The van der Waals surface area contributed by atoms with Crippen LogP contribution in [-0.2, 0) is 0 Å². The van der Waals surface area contributed by atoms with Gasteiger partial charge in [-0.3, -0.25) is 0 Å². The molecule has 3 rings (SSSR count). The molecule has 0 spiro atoms. The predicted octanol–water partition coefficient (Wildman–Crippen LogP) is 4.59. The number of hydrogen-bond donors (Lipinski definition) is 1. The first-order valence-corrected chi connectivity index (χ1v) is 9.57. The maximum atomic E-state index is 5.61. The van der Waals surface area contributed by atoms with Crippen molar-refractivity contribution in [3.8, 4) is 5.75 Å². The number of nitrogens with zero attached hydrogens (tertiary/aromatic N) is 1. The Kier molecular flexibility index (Phi) is 5.23. The highest BCUT2D eigenvalue weighted by molar-refractivity contribution is 7.99. The number of thioether (sulfide) groups is 1. The number of benzene rings is 1. The van der Waals surface area contributed by atoms with Crippen LogP contribution in [0, 0.1) is 0 Å². The Balaban J connectivity index is 1.66. The van der Waals surface area contributed by atoms with Crippen molar-refractivity contribution < 1.29 is 4.74 Å². The zero-order chi connectivity index (χ0) is 15.4. The Bertz CT molecular complexity index is 613. The van der Waals surface area contributed by atoms with Crippen molar-refractivity contribution in [2.24, 2.45) is 0 Å². The van der Waals surface area contributed by atoms with Gasteiger partial charge in [-0.05, 0) is 54.9 Å². The van der Waals surface area contributed by atoms with Gasteiger partial charge in [0.25, 0.3) is 0 Å². The third-order valence-electron chi connectivity index (χ3n) is 3.36. The number of nitrogens with one attached hydrogen (secondary N) is 1. The van der Waals surface area contributed by atoms with Crippen LogP contribution in [0.2, 0.25) is 0 Å². The first-order chi connectivity index (χ1) is 10.8. The van der Waals surface area contributed by atoms with E-state index in [1.165, 1.54) is 4.88 Å². The molecule has 6 heteroatoms. The molecule has 1 atom stereocenters. The highest BCUT2D eigenvalue weighted by atomic mass is 32.2. The molecule has 116 valence electrons. The number of hydrogen-bond acceptors (Lipinski definition) is 4. The second-order valence-corrected chi connectivity index (χ2v) is 7.37. The lowest BCUT2D eigenvalue weighted by atomic mass is 10.3. The Morgan fingerprint density at radius 2 is 2.18 bits per heavy atom. The molecule has 0 saturated carbocycles. The molecule has 1 aromatic heterocycles. The summed E-state index contributed by atoms with van der Waals surface area (Å²) in [6, 6.07) is 12.2. The summed E-state index contributed by atoms with van der Waals surface area (Å²) in [4.78, 5) is 3.63. The lowest BCUT2D eigenvalue weighted by molar-refractivity contribution is 0.340. The van der Waals surface area contributed by atoms with Crippen molar-refractivity contribution >= 4 is 46.1 Å². The molecule has 1 aromatic carbocycles. The fraction of sp³-hybridized carbons (Fsp3) is 0.312. The van der Waals surface area contributed by atoms with Crippen LogP contribution in [0.4, 0.5) is 5.69 Å². The Hall–Kier alpha value is -1.24. The van der Waals surface area contributed by atoms with E-state index in [2.05, 4.69) is 27.7 Å². The number of ether oxygens (including phenoxy) is 1. The molecule has 0 radical (unpaired) electrons. The van der Waals surface area contributed by atoms with Gasteiger partial charge in [0, 0.05) is 22.9 Å². The van der Waals surface area contributed by atoms with Crippen molar-refractivity contribution in [1.82, 2.24) is 4.90 Å². The highest BCUT2D eigenvalue weighted by Gasteiger charge is 2.29. The molecule has 0 bridgehead atoms. The molecule has 1 fully saturated rings. The molecule has 1 N–H and O–H groups in total. The minimum Gasteiger partial charge on any atom is -0.494 e. The standard InChI is InChI=1S/C16H18N2OS3/c1-2-19-13-7-5-12(6-8-13)17-16(20)18-9-11-22-15(18)14-4-3-10-21-14/h3-8,10,15H,2,9,11H2,1H3,(H,17,20). The van der Waals surface area contributed by atoms with Gasteiger partial charge < -0.3 is 15.0 Å². The molecule has 2 heterocycles. The third-order valence-corrected chi connectivity index (χ3v) is 6.01. The van der Waals surface area contributed by atoms with Crippen molar-refractivity contribution in [2.45, 2.75) is 12.3 Å². The number of thiophene rings is 1. The van der Waals surface area contributed by atoms with E-state index in [9.17, 15) is 0 Å². The van der Waals surface area contributed by atoms with Gasteiger partial charge in [0.2, 0.25) is 0 Å². The number of anilines is 1. The van der Waals surface area contributed by atoms with E-state index in [1.807, 2.05) is 43.0 Å². The van der Waals surface area contributed by atoms with Crippen molar-refractivity contribution in [2.75, 3.05) is 24.2 Å². The quantitative estimate of drug-likeness (QED) is 0.813.